The number of hydrogen-bond acceptors (Lipinski definition) is 3. The summed E-state index contributed by atoms with van der Waals surface area (Å²) in [4.78, 5) is 18.2. The Morgan fingerprint density at radius 3 is 3.18 bits per heavy atom. The summed E-state index contributed by atoms with van der Waals surface area (Å²) in [6.45, 7) is 3.86. The third-order valence-corrected chi connectivity index (χ3v) is 3.31. The van der Waals surface area contributed by atoms with Crippen LogP contribution in [0.15, 0.2) is 18.3 Å². The minimum absolute atomic E-state index is 0.0262. The number of aromatic nitrogens is 1. The highest BCUT2D eigenvalue weighted by Gasteiger charge is 2.27. The molecule has 1 saturated heterocycles. The van der Waals surface area contributed by atoms with Gasteiger partial charge in [0.25, 0.3) is 5.91 Å². The summed E-state index contributed by atoms with van der Waals surface area (Å²) in [6.07, 6.45) is 5.09. The Hall–Kier alpha value is -1.58. The average molecular weight is 233 g/mol. The Morgan fingerprint density at radius 2 is 2.47 bits per heavy atom. The highest BCUT2D eigenvalue weighted by Crippen LogP contribution is 2.23. The molecule has 0 radical (unpaired) electrons. The molecule has 4 nitrogen and oxygen atoms in total. The number of likely N-dealkylation sites (tertiary alicyclic amines) is 1. The first-order valence-electron chi connectivity index (χ1n) is 6.22. The molecule has 92 valence electrons. The molecule has 1 aliphatic heterocycles. The molecule has 0 aliphatic carbocycles. The van der Waals surface area contributed by atoms with Gasteiger partial charge in [-0.25, -0.2) is 4.98 Å². The van der Waals surface area contributed by atoms with Crippen LogP contribution in [0.1, 0.15) is 36.7 Å². The minimum atomic E-state index is -0.0262. The molecule has 1 aliphatic rings. The van der Waals surface area contributed by atoms with Gasteiger partial charge in [0.15, 0.2) is 5.69 Å². The lowest BCUT2D eigenvalue weighted by Gasteiger charge is -2.16. The summed E-state index contributed by atoms with van der Waals surface area (Å²) < 4.78 is 0. The molecule has 0 saturated carbocycles. The van der Waals surface area contributed by atoms with Crippen LogP contribution in [0.25, 0.3) is 0 Å². The van der Waals surface area contributed by atoms with E-state index in [1.165, 1.54) is 12.8 Å². The lowest BCUT2D eigenvalue weighted by molar-refractivity contribution is 0.0782. The molecule has 1 atom stereocenters. The summed E-state index contributed by atoms with van der Waals surface area (Å²) in [7, 11) is 0. The van der Waals surface area contributed by atoms with E-state index in [0.29, 0.717) is 17.3 Å². The third-order valence-electron chi connectivity index (χ3n) is 3.31. The molecule has 2 rings (SSSR count). The molecule has 0 bridgehead atoms. The van der Waals surface area contributed by atoms with E-state index < -0.39 is 0 Å². The fourth-order valence-electron chi connectivity index (χ4n) is 2.41. The highest BCUT2D eigenvalue weighted by molar-refractivity contribution is 5.97. The summed E-state index contributed by atoms with van der Waals surface area (Å²) >= 11 is 0. The van der Waals surface area contributed by atoms with E-state index in [0.717, 1.165) is 19.5 Å². The summed E-state index contributed by atoms with van der Waals surface area (Å²) in [5.41, 5.74) is 6.63. The van der Waals surface area contributed by atoms with Gasteiger partial charge in [-0.05, 0) is 30.9 Å². The van der Waals surface area contributed by atoms with Crippen LogP contribution < -0.4 is 5.73 Å². The van der Waals surface area contributed by atoms with Crippen molar-refractivity contribution in [2.45, 2.75) is 26.2 Å². The average Bonchev–Trinajstić information content (AvgIpc) is 2.78. The zero-order valence-corrected chi connectivity index (χ0v) is 10.2. The topological polar surface area (TPSA) is 59.2 Å². The Morgan fingerprint density at radius 1 is 1.65 bits per heavy atom. The SMILES string of the molecule is CCCC1CCN(C(=O)c2ncccc2N)C1. The van der Waals surface area contributed by atoms with E-state index in [9.17, 15) is 4.79 Å². The molecule has 1 amide bonds. The molecular formula is C13H19N3O. The van der Waals surface area contributed by atoms with Crippen molar-refractivity contribution in [2.24, 2.45) is 5.92 Å². The van der Waals surface area contributed by atoms with Gasteiger partial charge in [0, 0.05) is 19.3 Å². The Bertz CT molecular complexity index is 405. The quantitative estimate of drug-likeness (QED) is 0.867. The zero-order chi connectivity index (χ0) is 12.3. The maximum Gasteiger partial charge on any atom is 0.274 e. The second-order valence-electron chi connectivity index (χ2n) is 4.64. The number of amides is 1. The number of hydrogen-bond donors (Lipinski definition) is 1. The molecule has 1 aromatic rings. The normalized spacial score (nSPS) is 19.6. The number of nitrogens with zero attached hydrogens (tertiary/aromatic N) is 2. The maximum atomic E-state index is 12.2. The number of rotatable bonds is 3. The van der Waals surface area contributed by atoms with Crippen LogP contribution in [-0.4, -0.2) is 28.9 Å². The van der Waals surface area contributed by atoms with Crippen molar-refractivity contribution in [1.82, 2.24) is 9.88 Å². The van der Waals surface area contributed by atoms with Crippen molar-refractivity contribution in [3.05, 3.63) is 24.0 Å². The van der Waals surface area contributed by atoms with Crippen LogP contribution in [0.4, 0.5) is 5.69 Å². The Kier molecular flexibility index (Phi) is 3.61. The first-order valence-corrected chi connectivity index (χ1v) is 6.22. The van der Waals surface area contributed by atoms with E-state index in [1.54, 1.807) is 18.3 Å². The van der Waals surface area contributed by atoms with Gasteiger partial charge < -0.3 is 10.6 Å². The predicted molar refractivity (Wildman–Crippen MR) is 67.6 cm³/mol. The standard InChI is InChI=1S/C13H19N3O/c1-2-4-10-6-8-16(9-10)13(17)12-11(14)5-3-7-15-12/h3,5,7,10H,2,4,6,8-9,14H2,1H3. The van der Waals surface area contributed by atoms with E-state index in [4.69, 9.17) is 5.73 Å². The molecule has 4 heteroatoms. The summed E-state index contributed by atoms with van der Waals surface area (Å²) in [6, 6.07) is 3.47. The monoisotopic (exact) mass is 233 g/mol. The second-order valence-corrected chi connectivity index (χ2v) is 4.64. The van der Waals surface area contributed by atoms with Crippen molar-refractivity contribution in [2.75, 3.05) is 18.8 Å². The molecule has 1 aromatic heterocycles. The fraction of sp³-hybridized carbons (Fsp3) is 0.538. The molecule has 2 heterocycles. The number of nitrogens with two attached hydrogens (primary N) is 1. The lowest BCUT2D eigenvalue weighted by atomic mass is 10.0. The number of pyridine rings is 1. The number of anilines is 1. The van der Waals surface area contributed by atoms with Gasteiger partial charge >= 0.3 is 0 Å². The van der Waals surface area contributed by atoms with Crippen LogP contribution in [0, 0.1) is 5.92 Å². The molecule has 1 fully saturated rings. The molecule has 0 spiro atoms. The van der Waals surface area contributed by atoms with E-state index in [2.05, 4.69) is 11.9 Å². The van der Waals surface area contributed by atoms with Gasteiger partial charge in [-0.1, -0.05) is 13.3 Å². The highest BCUT2D eigenvalue weighted by atomic mass is 16.2. The molecule has 1 unspecified atom stereocenters. The maximum absolute atomic E-state index is 12.2. The van der Waals surface area contributed by atoms with Gasteiger partial charge in [0.2, 0.25) is 0 Å². The van der Waals surface area contributed by atoms with Gasteiger partial charge in [0.1, 0.15) is 0 Å². The number of carbonyl (C=O) groups excluding carboxylic acids is 1. The summed E-state index contributed by atoms with van der Waals surface area (Å²) in [5, 5.41) is 0. The molecule has 2 N–H and O–H groups in total. The third kappa shape index (κ3) is 2.57. The van der Waals surface area contributed by atoms with Crippen LogP contribution in [-0.2, 0) is 0 Å². The van der Waals surface area contributed by atoms with Crippen molar-refractivity contribution in [1.29, 1.82) is 0 Å². The van der Waals surface area contributed by atoms with E-state index in [1.807, 2.05) is 4.90 Å². The second kappa shape index (κ2) is 5.17. The first-order chi connectivity index (χ1) is 8.22. The summed E-state index contributed by atoms with van der Waals surface area (Å²) in [5.74, 6) is 0.621. The van der Waals surface area contributed by atoms with Gasteiger partial charge in [-0.2, -0.15) is 0 Å². The molecule has 0 aromatic carbocycles. The first kappa shape index (κ1) is 11.9. The Labute approximate surface area is 102 Å². The smallest absolute Gasteiger partial charge is 0.274 e. The number of carbonyl (C=O) groups is 1. The van der Waals surface area contributed by atoms with E-state index in [-0.39, 0.29) is 5.91 Å². The van der Waals surface area contributed by atoms with Gasteiger partial charge in [-0.15, -0.1) is 0 Å². The van der Waals surface area contributed by atoms with Gasteiger partial charge in [0.05, 0.1) is 5.69 Å². The fourth-order valence-corrected chi connectivity index (χ4v) is 2.41. The van der Waals surface area contributed by atoms with Crippen LogP contribution in [0.2, 0.25) is 0 Å². The molecule has 17 heavy (non-hydrogen) atoms. The van der Waals surface area contributed by atoms with Crippen molar-refractivity contribution in [3.8, 4) is 0 Å². The molecular weight excluding hydrogens is 214 g/mol. The van der Waals surface area contributed by atoms with Crippen LogP contribution in [0.5, 0.6) is 0 Å². The predicted octanol–water partition coefficient (Wildman–Crippen LogP) is 1.93. The van der Waals surface area contributed by atoms with Crippen LogP contribution in [0.3, 0.4) is 0 Å². The van der Waals surface area contributed by atoms with Crippen molar-refractivity contribution < 1.29 is 4.79 Å². The lowest BCUT2D eigenvalue weighted by Crippen LogP contribution is -2.30. The van der Waals surface area contributed by atoms with Crippen LogP contribution >= 0.6 is 0 Å². The largest absolute Gasteiger partial charge is 0.397 e. The van der Waals surface area contributed by atoms with Gasteiger partial charge in [-0.3, -0.25) is 4.79 Å². The van der Waals surface area contributed by atoms with Crippen molar-refractivity contribution >= 4 is 11.6 Å². The number of nitrogen functional groups attached to an aromatic ring is 1. The van der Waals surface area contributed by atoms with Crippen molar-refractivity contribution in [3.63, 3.8) is 0 Å². The zero-order valence-electron chi connectivity index (χ0n) is 10.2. The van der Waals surface area contributed by atoms with E-state index >= 15 is 0 Å². The minimum Gasteiger partial charge on any atom is -0.397 e. The Balaban J connectivity index is 2.05.